The van der Waals surface area contributed by atoms with E-state index in [1.807, 2.05) is 26.2 Å². The smallest absolute Gasteiger partial charge is 0.263 e. The monoisotopic (exact) mass is 281 g/mol. The van der Waals surface area contributed by atoms with Crippen molar-refractivity contribution < 1.29 is 4.79 Å². The summed E-state index contributed by atoms with van der Waals surface area (Å²) in [6.45, 7) is 0. The van der Waals surface area contributed by atoms with E-state index < -0.39 is 0 Å². The largest absolute Gasteiger partial charge is 0.388 e. The number of rotatable bonds is 3. The standard InChI is InChI=1S/C12H15N3OS2/c1-13-8-3-5-12(14-2,6-4-8)7-9-10(16)15-11(17)18-9/h3-5,7,13-14H,6H2,1-2H3,(H,15,16,17). The van der Waals surface area contributed by atoms with Crippen molar-refractivity contribution in [2.45, 2.75) is 12.0 Å². The van der Waals surface area contributed by atoms with E-state index in [1.165, 1.54) is 11.8 Å². The molecule has 1 saturated heterocycles. The summed E-state index contributed by atoms with van der Waals surface area (Å²) in [5.74, 6) is -0.114. The molecule has 2 aliphatic rings. The Bertz CT molecular complexity index is 482. The molecule has 2 rings (SSSR count). The van der Waals surface area contributed by atoms with Gasteiger partial charge in [-0.2, -0.15) is 0 Å². The lowest BCUT2D eigenvalue weighted by atomic mass is 9.89. The van der Waals surface area contributed by atoms with Gasteiger partial charge in [0, 0.05) is 12.7 Å². The molecule has 3 N–H and O–H groups in total. The minimum atomic E-state index is -0.319. The average Bonchev–Trinajstić information content (AvgIpc) is 2.68. The van der Waals surface area contributed by atoms with E-state index in [2.05, 4.69) is 28.1 Å². The summed E-state index contributed by atoms with van der Waals surface area (Å²) in [6.07, 6.45) is 8.89. The first-order valence-electron chi connectivity index (χ1n) is 5.61. The first kappa shape index (κ1) is 13.3. The number of nitrogens with one attached hydrogen (secondary N) is 3. The highest BCUT2D eigenvalue weighted by Crippen LogP contribution is 2.29. The van der Waals surface area contributed by atoms with Crippen molar-refractivity contribution in [1.82, 2.24) is 16.0 Å². The molecule has 1 aliphatic carbocycles. The molecule has 6 heteroatoms. The normalized spacial score (nSPS) is 29.4. The molecular weight excluding hydrogens is 266 g/mol. The van der Waals surface area contributed by atoms with E-state index in [9.17, 15) is 4.79 Å². The van der Waals surface area contributed by atoms with Crippen LogP contribution in [0.2, 0.25) is 0 Å². The summed E-state index contributed by atoms with van der Waals surface area (Å²) in [5.41, 5.74) is 0.762. The third-order valence-corrected chi connectivity index (χ3v) is 4.17. The van der Waals surface area contributed by atoms with Crippen molar-refractivity contribution >= 4 is 34.2 Å². The molecule has 1 amide bonds. The van der Waals surface area contributed by atoms with E-state index in [-0.39, 0.29) is 11.4 Å². The minimum Gasteiger partial charge on any atom is -0.388 e. The average molecular weight is 281 g/mol. The fourth-order valence-corrected chi connectivity index (χ4v) is 2.98. The fourth-order valence-electron chi connectivity index (χ4n) is 1.86. The molecule has 4 nitrogen and oxygen atoms in total. The van der Waals surface area contributed by atoms with Gasteiger partial charge in [-0.05, 0) is 25.6 Å². The topological polar surface area (TPSA) is 53.2 Å². The Hall–Kier alpha value is -1.11. The molecular formula is C12H15N3OS2. The third kappa shape index (κ3) is 2.66. The summed E-state index contributed by atoms with van der Waals surface area (Å²) in [7, 11) is 3.77. The SMILES string of the molecule is CNC1=CCC(C=C2SC(=S)NC2=O)(NC)C=C1. The Morgan fingerprint density at radius 3 is 2.78 bits per heavy atom. The highest BCUT2D eigenvalue weighted by molar-refractivity contribution is 8.26. The number of likely N-dealkylation sites (N-methyl/N-ethyl adjacent to an activating group) is 2. The van der Waals surface area contributed by atoms with E-state index >= 15 is 0 Å². The summed E-state index contributed by atoms with van der Waals surface area (Å²) in [5, 5.41) is 8.97. The van der Waals surface area contributed by atoms with Gasteiger partial charge in [-0.25, -0.2) is 0 Å². The molecule has 1 fully saturated rings. The van der Waals surface area contributed by atoms with Crippen molar-refractivity contribution in [3.63, 3.8) is 0 Å². The van der Waals surface area contributed by atoms with E-state index in [4.69, 9.17) is 12.2 Å². The highest BCUT2D eigenvalue weighted by Gasteiger charge is 2.29. The molecule has 0 radical (unpaired) electrons. The molecule has 0 bridgehead atoms. The molecule has 1 heterocycles. The second-order valence-corrected chi connectivity index (χ2v) is 5.81. The number of carbonyl (C=O) groups excluding carboxylic acids is 1. The number of thiocarbonyl (C=S) groups is 1. The highest BCUT2D eigenvalue weighted by atomic mass is 32.2. The fraction of sp³-hybridized carbons (Fsp3) is 0.333. The van der Waals surface area contributed by atoms with Crippen LogP contribution < -0.4 is 16.0 Å². The predicted octanol–water partition coefficient (Wildman–Crippen LogP) is 1.04. The predicted molar refractivity (Wildman–Crippen MR) is 79.1 cm³/mol. The second kappa shape index (κ2) is 5.26. The van der Waals surface area contributed by atoms with Crippen molar-refractivity contribution in [2.75, 3.05) is 14.1 Å². The number of thioether (sulfide) groups is 1. The molecule has 18 heavy (non-hydrogen) atoms. The zero-order valence-corrected chi connectivity index (χ0v) is 11.9. The Morgan fingerprint density at radius 1 is 1.56 bits per heavy atom. The van der Waals surface area contributed by atoms with Gasteiger partial charge in [-0.15, -0.1) is 0 Å². The Balaban J connectivity index is 2.23. The van der Waals surface area contributed by atoms with Crippen molar-refractivity contribution in [3.05, 3.63) is 34.9 Å². The summed E-state index contributed by atoms with van der Waals surface area (Å²) in [4.78, 5) is 12.3. The van der Waals surface area contributed by atoms with Gasteiger partial charge < -0.3 is 16.0 Å². The lowest BCUT2D eigenvalue weighted by Gasteiger charge is -2.29. The quantitative estimate of drug-likeness (QED) is 0.533. The van der Waals surface area contributed by atoms with Gasteiger partial charge in [0.1, 0.15) is 4.32 Å². The van der Waals surface area contributed by atoms with Gasteiger partial charge in [-0.3, -0.25) is 4.79 Å². The van der Waals surface area contributed by atoms with Crippen molar-refractivity contribution in [1.29, 1.82) is 0 Å². The molecule has 96 valence electrons. The maximum Gasteiger partial charge on any atom is 0.263 e. The van der Waals surface area contributed by atoms with Crippen LogP contribution in [-0.2, 0) is 4.79 Å². The zero-order chi connectivity index (χ0) is 13.2. The van der Waals surface area contributed by atoms with Crippen molar-refractivity contribution in [2.24, 2.45) is 0 Å². The summed E-state index contributed by atoms with van der Waals surface area (Å²) < 4.78 is 0.517. The Morgan fingerprint density at radius 2 is 2.33 bits per heavy atom. The second-order valence-electron chi connectivity index (χ2n) is 4.09. The Labute approximate surface area is 116 Å². The third-order valence-electron chi connectivity index (χ3n) is 3.00. The molecule has 1 unspecified atom stereocenters. The van der Waals surface area contributed by atoms with Gasteiger partial charge in [-0.1, -0.05) is 36.1 Å². The number of amides is 1. The van der Waals surface area contributed by atoms with Gasteiger partial charge >= 0.3 is 0 Å². The van der Waals surface area contributed by atoms with E-state index in [0.29, 0.717) is 9.23 Å². The number of allylic oxidation sites excluding steroid dienone is 1. The molecule has 0 aromatic rings. The van der Waals surface area contributed by atoms with Gasteiger partial charge in [0.15, 0.2) is 0 Å². The van der Waals surface area contributed by atoms with Crippen LogP contribution in [0.3, 0.4) is 0 Å². The molecule has 0 aromatic heterocycles. The van der Waals surface area contributed by atoms with Crippen LogP contribution >= 0.6 is 24.0 Å². The maximum atomic E-state index is 11.7. The number of hydrogen-bond donors (Lipinski definition) is 3. The first-order valence-corrected chi connectivity index (χ1v) is 6.83. The molecule has 0 spiro atoms. The zero-order valence-electron chi connectivity index (χ0n) is 10.2. The maximum absolute atomic E-state index is 11.7. The summed E-state index contributed by atoms with van der Waals surface area (Å²) in [6, 6.07) is 0. The first-order chi connectivity index (χ1) is 8.58. The lowest BCUT2D eigenvalue weighted by Crippen LogP contribution is -2.40. The summed E-state index contributed by atoms with van der Waals surface area (Å²) >= 11 is 6.29. The Kier molecular flexibility index (Phi) is 3.89. The molecule has 0 aromatic carbocycles. The molecule has 0 saturated carbocycles. The van der Waals surface area contributed by atoms with Crippen LogP contribution in [0.25, 0.3) is 0 Å². The molecule has 1 atom stereocenters. The van der Waals surface area contributed by atoms with E-state index in [1.54, 1.807) is 0 Å². The van der Waals surface area contributed by atoms with Crippen LogP contribution in [0.5, 0.6) is 0 Å². The minimum absolute atomic E-state index is 0.114. The van der Waals surface area contributed by atoms with Gasteiger partial charge in [0.25, 0.3) is 5.91 Å². The van der Waals surface area contributed by atoms with Crippen LogP contribution in [-0.4, -0.2) is 29.9 Å². The lowest BCUT2D eigenvalue weighted by molar-refractivity contribution is -0.115. The van der Waals surface area contributed by atoms with Crippen LogP contribution in [0, 0.1) is 0 Å². The van der Waals surface area contributed by atoms with Crippen LogP contribution in [0.1, 0.15) is 6.42 Å². The number of hydrogen-bond acceptors (Lipinski definition) is 5. The molecule has 1 aliphatic heterocycles. The van der Waals surface area contributed by atoms with Crippen LogP contribution in [0.15, 0.2) is 34.9 Å². The van der Waals surface area contributed by atoms with Crippen LogP contribution in [0.4, 0.5) is 0 Å². The van der Waals surface area contributed by atoms with Gasteiger partial charge in [0.2, 0.25) is 0 Å². The van der Waals surface area contributed by atoms with Crippen molar-refractivity contribution in [3.8, 4) is 0 Å². The number of carbonyl (C=O) groups is 1. The van der Waals surface area contributed by atoms with Gasteiger partial charge in [0.05, 0.1) is 10.4 Å². The van der Waals surface area contributed by atoms with E-state index in [0.717, 1.165) is 12.1 Å².